The maximum Gasteiger partial charge on any atom is 0.0697 e. The maximum atomic E-state index is 5.51. The molecule has 0 saturated heterocycles. The van der Waals surface area contributed by atoms with Gasteiger partial charge in [0.05, 0.1) is 6.10 Å². The highest BCUT2D eigenvalue weighted by atomic mass is 32.2. The Hall–Kier alpha value is 0.270. The monoisotopic (exact) mass is 177 g/mol. The first kappa shape index (κ1) is 11.3. The largest absolute Gasteiger partial charge is 0.377 e. The summed E-state index contributed by atoms with van der Waals surface area (Å²) >= 11 is 1.88. The third kappa shape index (κ3) is 6.66. The summed E-state index contributed by atoms with van der Waals surface area (Å²) in [6, 6.07) is 0. The summed E-state index contributed by atoms with van der Waals surface area (Å²) in [4.78, 5) is 0. The first-order valence-electron chi connectivity index (χ1n) is 4.15. The molecule has 0 spiro atoms. The number of ether oxygens (including phenoxy) is 1. The lowest BCUT2D eigenvalue weighted by Crippen LogP contribution is -2.23. The Kier molecular flexibility index (Phi) is 8.57. The van der Waals surface area contributed by atoms with Crippen LogP contribution >= 0.6 is 11.8 Å². The molecule has 0 aromatic carbocycles. The van der Waals surface area contributed by atoms with Gasteiger partial charge in [-0.25, -0.2) is 0 Å². The van der Waals surface area contributed by atoms with Crippen LogP contribution in [0, 0.1) is 0 Å². The van der Waals surface area contributed by atoms with Gasteiger partial charge in [0.1, 0.15) is 0 Å². The summed E-state index contributed by atoms with van der Waals surface area (Å²) in [7, 11) is 0. The van der Waals surface area contributed by atoms with Gasteiger partial charge in [-0.2, -0.15) is 11.8 Å². The SMILES string of the molecule is CCOC(CN)CCCSC. The van der Waals surface area contributed by atoms with E-state index in [2.05, 4.69) is 6.26 Å². The van der Waals surface area contributed by atoms with Crippen LogP contribution in [0.25, 0.3) is 0 Å². The molecular formula is C8H19NOS. The topological polar surface area (TPSA) is 35.2 Å². The molecule has 0 aliphatic rings. The number of rotatable bonds is 7. The van der Waals surface area contributed by atoms with Crippen LogP contribution in [0.2, 0.25) is 0 Å². The summed E-state index contributed by atoms with van der Waals surface area (Å²) in [5.41, 5.74) is 5.51. The molecule has 0 radical (unpaired) electrons. The van der Waals surface area contributed by atoms with E-state index < -0.39 is 0 Å². The molecule has 3 heteroatoms. The molecule has 2 nitrogen and oxygen atoms in total. The van der Waals surface area contributed by atoms with Crippen molar-refractivity contribution in [3.8, 4) is 0 Å². The minimum absolute atomic E-state index is 0.284. The van der Waals surface area contributed by atoms with Crippen molar-refractivity contribution in [3.05, 3.63) is 0 Å². The first-order valence-corrected chi connectivity index (χ1v) is 5.55. The molecule has 0 rings (SSSR count). The molecule has 68 valence electrons. The van der Waals surface area contributed by atoms with Crippen LogP contribution in [0.5, 0.6) is 0 Å². The summed E-state index contributed by atoms with van der Waals surface area (Å²) in [5, 5.41) is 0. The van der Waals surface area contributed by atoms with E-state index in [1.165, 1.54) is 12.2 Å². The summed E-state index contributed by atoms with van der Waals surface area (Å²) in [5.74, 6) is 1.21. The Morgan fingerprint density at radius 3 is 2.73 bits per heavy atom. The zero-order chi connectivity index (χ0) is 8.53. The number of hydrogen-bond acceptors (Lipinski definition) is 3. The van der Waals surface area contributed by atoms with Crippen molar-refractivity contribution < 1.29 is 4.74 Å². The Morgan fingerprint density at radius 1 is 1.55 bits per heavy atom. The average Bonchev–Trinajstić information content (AvgIpc) is 2.03. The lowest BCUT2D eigenvalue weighted by atomic mass is 10.2. The molecule has 0 aromatic heterocycles. The van der Waals surface area contributed by atoms with Crippen molar-refractivity contribution in [2.75, 3.05) is 25.2 Å². The Morgan fingerprint density at radius 2 is 2.27 bits per heavy atom. The highest BCUT2D eigenvalue weighted by Gasteiger charge is 2.03. The molecule has 0 aliphatic heterocycles. The van der Waals surface area contributed by atoms with E-state index in [1.54, 1.807) is 0 Å². The molecule has 2 N–H and O–H groups in total. The van der Waals surface area contributed by atoms with Gasteiger partial charge >= 0.3 is 0 Å². The average molecular weight is 177 g/mol. The highest BCUT2D eigenvalue weighted by Crippen LogP contribution is 2.04. The standard InChI is InChI=1S/C8H19NOS/c1-3-10-8(7-9)5-4-6-11-2/h8H,3-7,9H2,1-2H3. The predicted molar refractivity (Wildman–Crippen MR) is 52.1 cm³/mol. The second-order valence-corrected chi connectivity index (χ2v) is 3.43. The predicted octanol–water partition coefficient (Wildman–Crippen LogP) is 1.49. The molecule has 0 heterocycles. The van der Waals surface area contributed by atoms with Gasteiger partial charge < -0.3 is 10.5 Å². The van der Waals surface area contributed by atoms with Crippen LogP contribution in [0.4, 0.5) is 0 Å². The van der Waals surface area contributed by atoms with Crippen LogP contribution < -0.4 is 5.73 Å². The minimum Gasteiger partial charge on any atom is -0.377 e. The van der Waals surface area contributed by atoms with E-state index in [0.717, 1.165) is 13.0 Å². The maximum absolute atomic E-state index is 5.51. The van der Waals surface area contributed by atoms with Gasteiger partial charge in [-0.1, -0.05) is 0 Å². The van der Waals surface area contributed by atoms with Crippen molar-refractivity contribution in [3.63, 3.8) is 0 Å². The fourth-order valence-electron chi connectivity index (χ4n) is 0.960. The van der Waals surface area contributed by atoms with E-state index >= 15 is 0 Å². The van der Waals surface area contributed by atoms with Gasteiger partial charge in [0.25, 0.3) is 0 Å². The molecular weight excluding hydrogens is 158 g/mol. The zero-order valence-corrected chi connectivity index (χ0v) is 8.32. The van der Waals surface area contributed by atoms with E-state index in [4.69, 9.17) is 10.5 Å². The van der Waals surface area contributed by atoms with Crippen LogP contribution in [0.1, 0.15) is 19.8 Å². The molecule has 1 unspecified atom stereocenters. The quantitative estimate of drug-likeness (QED) is 0.598. The molecule has 0 aromatic rings. The molecule has 1 atom stereocenters. The van der Waals surface area contributed by atoms with E-state index in [1.807, 2.05) is 18.7 Å². The normalized spacial score (nSPS) is 13.4. The molecule has 0 amide bonds. The summed E-state index contributed by atoms with van der Waals surface area (Å²) in [6.07, 6.45) is 4.72. The van der Waals surface area contributed by atoms with E-state index in [0.29, 0.717) is 6.54 Å². The number of nitrogens with two attached hydrogens (primary N) is 1. The van der Waals surface area contributed by atoms with Crippen molar-refractivity contribution in [2.45, 2.75) is 25.9 Å². The molecule has 0 fully saturated rings. The van der Waals surface area contributed by atoms with Gasteiger partial charge in [0.2, 0.25) is 0 Å². The fourth-order valence-corrected chi connectivity index (χ4v) is 1.42. The van der Waals surface area contributed by atoms with Crippen molar-refractivity contribution in [2.24, 2.45) is 5.73 Å². The summed E-state index contributed by atoms with van der Waals surface area (Å²) < 4.78 is 5.40. The molecule has 0 saturated carbocycles. The lowest BCUT2D eigenvalue weighted by Gasteiger charge is -2.13. The third-order valence-electron chi connectivity index (χ3n) is 1.54. The minimum atomic E-state index is 0.284. The Balaban J connectivity index is 3.20. The zero-order valence-electron chi connectivity index (χ0n) is 7.51. The van der Waals surface area contributed by atoms with E-state index in [-0.39, 0.29) is 6.10 Å². The highest BCUT2D eigenvalue weighted by molar-refractivity contribution is 7.98. The van der Waals surface area contributed by atoms with Gasteiger partial charge in [-0.3, -0.25) is 0 Å². The van der Waals surface area contributed by atoms with Crippen molar-refractivity contribution in [1.29, 1.82) is 0 Å². The van der Waals surface area contributed by atoms with Gasteiger partial charge in [-0.15, -0.1) is 0 Å². The Labute approximate surface area is 73.9 Å². The van der Waals surface area contributed by atoms with Gasteiger partial charge in [0.15, 0.2) is 0 Å². The number of thioether (sulfide) groups is 1. The van der Waals surface area contributed by atoms with Crippen LogP contribution in [-0.2, 0) is 4.74 Å². The third-order valence-corrected chi connectivity index (χ3v) is 2.24. The second-order valence-electron chi connectivity index (χ2n) is 2.45. The fraction of sp³-hybridized carbons (Fsp3) is 1.00. The summed E-state index contributed by atoms with van der Waals surface area (Å²) in [6.45, 7) is 3.45. The molecule has 11 heavy (non-hydrogen) atoms. The van der Waals surface area contributed by atoms with Gasteiger partial charge in [0, 0.05) is 13.2 Å². The van der Waals surface area contributed by atoms with E-state index in [9.17, 15) is 0 Å². The number of hydrogen-bond donors (Lipinski definition) is 1. The molecule has 0 bridgehead atoms. The van der Waals surface area contributed by atoms with Crippen LogP contribution in [-0.4, -0.2) is 31.3 Å². The Bertz CT molecular complexity index is 80.5. The van der Waals surface area contributed by atoms with Crippen LogP contribution in [0.3, 0.4) is 0 Å². The van der Waals surface area contributed by atoms with Crippen molar-refractivity contribution in [1.82, 2.24) is 0 Å². The first-order chi connectivity index (χ1) is 5.35. The van der Waals surface area contributed by atoms with Crippen LogP contribution in [0.15, 0.2) is 0 Å². The second kappa shape index (κ2) is 8.37. The molecule has 0 aliphatic carbocycles. The van der Waals surface area contributed by atoms with Crippen molar-refractivity contribution >= 4 is 11.8 Å². The van der Waals surface area contributed by atoms with Gasteiger partial charge in [-0.05, 0) is 31.8 Å². The lowest BCUT2D eigenvalue weighted by molar-refractivity contribution is 0.0627. The smallest absolute Gasteiger partial charge is 0.0697 e.